The lowest BCUT2D eigenvalue weighted by Gasteiger charge is -2.02. The van der Waals surface area contributed by atoms with Crippen molar-refractivity contribution in [2.24, 2.45) is 0 Å². The molecule has 0 nitrogen and oxygen atoms in total. The Morgan fingerprint density at radius 3 is 1.50 bits per heavy atom. The van der Waals surface area contributed by atoms with E-state index in [0.717, 1.165) is 0 Å². The molecule has 0 heterocycles. The summed E-state index contributed by atoms with van der Waals surface area (Å²) < 4.78 is 0. The summed E-state index contributed by atoms with van der Waals surface area (Å²) in [6.45, 7) is 3.89. The van der Waals surface area contributed by atoms with E-state index >= 15 is 0 Å². The summed E-state index contributed by atoms with van der Waals surface area (Å²) in [5.41, 5.74) is 0. The van der Waals surface area contributed by atoms with E-state index in [1.54, 1.807) is 0 Å². The van der Waals surface area contributed by atoms with Gasteiger partial charge in [-0.05, 0) is 0 Å². The Kier molecular flexibility index (Phi) is 1.41. The molecule has 1 heteroatoms. The summed E-state index contributed by atoms with van der Waals surface area (Å²) in [4.78, 5) is 0. The Balaban J connectivity index is 2.32. The van der Waals surface area contributed by atoms with Gasteiger partial charge in [0, 0.05) is 0 Å². The molecule has 0 bridgehead atoms. The Morgan fingerprint density at radius 2 is 1.50 bits per heavy atom. The molecule has 0 fully saturated rings. The van der Waals surface area contributed by atoms with Gasteiger partial charge in [0.25, 0.3) is 0 Å². The largest absolute Gasteiger partial charge is 0.622 e. The average Bonchev–Trinajstić information content (AvgIpc) is 0.811. The summed E-state index contributed by atoms with van der Waals surface area (Å²) in [7, 11) is 5.11. The predicted molar refractivity (Wildman–Crippen MR) is 20.9 cm³/mol. The fourth-order valence-corrected chi connectivity index (χ4v) is 0. The lowest BCUT2D eigenvalue weighted by atomic mass is 9.93. The molecule has 23 valence electrons. The molecule has 0 N–H and O–H groups in total. The van der Waals surface area contributed by atoms with E-state index in [1.165, 1.54) is 0 Å². The monoisotopic (exact) mass is 54.1 g/mol. The van der Waals surface area contributed by atoms with E-state index in [0.29, 0.717) is 5.82 Å². The smallest absolute Gasteiger partial charge is 0.102 e. The minimum Gasteiger partial charge on any atom is -0.622 e. The highest BCUT2D eigenvalue weighted by Crippen LogP contribution is 1.84. The third-order valence-corrected chi connectivity index (χ3v) is 0. The highest BCUT2D eigenvalue weighted by Gasteiger charge is 1.48. The van der Waals surface area contributed by atoms with E-state index in [1.807, 2.05) is 13.8 Å². The lowest BCUT2D eigenvalue weighted by molar-refractivity contribution is 1.08. The molecule has 0 aliphatic rings. The second-order valence-corrected chi connectivity index (χ2v) is 1.24. The zero-order valence-electron chi connectivity index (χ0n) is 3.15. The molecule has 4 heavy (non-hydrogen) atoms. The molecule has 3 radical (unpaired) electrons. The molecule has 0 aliphatic carbocycles. The number of hydrogen-bond donors (Lipinski definition) is 0. The second-order valence-electron chi connectivity index (χ2n) is 1.24. The van der Waals surface area contributed by atoms with Crippen molar-refractivity contribution in [3.05, 3.63) is 0 Å². The highest BCUT2D eigenvalue weighted by molar-refractivity contribution is 6.10. The maximum atomic E-state index is 5.11. The zero-order chi connectivity index (χ0) is 3.58. The Labute approximate surface area is 28.6 Å². The Hall–Kier alpha value is 0.0649. The van der Waals surface area contributed by atoms with Crippen LogP contribution in [0.4, 0.5) is 0 Å². The van der Waals surface area contributed by atoms with Gasteiger partial charge in [0.05, 0.1) is 0 Å². The van der Waals surface area contributed by atoms with Crippen LogP contribution in [-0.2, 0) is 0 Å². The van der Waals surface area contributed by atoms with E-state index in [4.69, 9.17) is 7.85 Å². The van der Waals surface area contributed by atoms with Crippen LogP contribution < -0.4 is 0 Å². The Morgan fingerprint density at radius 1 is 1.50 bits per heavy atom. The molecule has 0 aromatic heterocycles. The van der Waals surface area contributed by atoms with Crippen molar-refractivity contribution >= 4 is 7.85 Å². The first-order chi connectivity index (χ1) is 1.73. The minimum absolute atomic E-state index is 0.333. The van der Waals surface area contributed by atoms with Crippen LogP contribution in [0, 0.1) is 0 Å². The van der Waals surface area contributed by atoms with Gasteiger partial charge in [-0.3, -0.25) is 5.82 Å². The van der Waals surface area contributed by atoms with Crippen LogP contribution >= 0.6 is 0 Å². The van der Waals surface area contributed by atoms with E-state index in [-0.39, 0.29) is 0 Å². The van der Waals surface area contributed by atoms with Crippen molar-refractivity contribution in [2.75, 3.05) is 0 Å². The molecular weight excluding hydrogens is 46.8 g/mol. The first-order valence-corrected chi connectivity index (χ1v) is 1.49. The summed E-state index contributed by atoms with van der Waals surface area (Å²) in [5.74, 6) is 0.333. The summed E-state index contributed by atoms with van der Waals surface area (Å²) in [5, 5.41) is 0. The molecule has 0 amide bonds. The lowest BCUT2D eigenvalue weighted by Crippen LogP contribution is -1.67. The summed E-state index contributed by atoms with van der Waals surface area (Å²) in [6.07, 6.45) is 0. The van der Waals surface area contributed by atoms with Gasteiger partial charge in [0.15, 0.2) is 0 Å². The van der Waals surface area contributed by atoms with Gasteiger partial charge in [-0.2, -0.15) is 0 Å². The van der Waals surface area contributed by atoms with Crippen LogP contribution in [0.3, 0.4) is 0 Å². The summed E-state index contributed by atoms with van der Waals surface area (Å²) in [6, 6.07) is 0. The van der Waals surface area contributed by atoms with Crippen molar-refractivity contribution < 1.29 is 0 Å². The van der Waals surface area contributed by atoms with Gasteiger partial charge in [-0.25, -0.2) is 0 Å². The SMILES string of the molecule is [B-]C(C)C. The van der Waals surface area contributed by atoms with E-state index in [2.05, 4.69) is 0 Å². The van der Waals surface area contributed by atoms with Crippen LogP contribution in [0.25, 0.3) is 0 Å². The van der Waals surface area contributed by atoms with Crippen molar-refractivity contribution in [3.63, 3.8) is 0 Å². The van der Waals surface area contributed by atoms with Crippen LogP contribution in [0.15, 0.2) is 0 Å². The topological polar surface area (TPSA) is 0 Å². The highest BCUT2D eigenvalue weighted by atomic mass is 13.6. The van der Waals surface area contributed by atoms with Gasteiger partial charge in [-0.15, -0.1) is 13.8 Å². The van der Waals surface area contributed by atoms with Crippen LogP contribution in [0.1, 0.15) is 13.8 Å². The minimum atomic E-state index is 0.333. The number of rotatable bonds is 0. The van der Waals surface area contributed by atoms with Gasteiger partial charge in [-0.1, -0.05) is 0 Å². The molecule has 0 rings (SSSR count). The van der Waals surface area contributed by atoms with Crippen LogP contribution in [-0.4, -0.2) is 7.85 Å². The van der Waals surface area contributed by atoms with Gasteiger partial charge < -0.3 is 7.85 Å². The molecule has 0 aromatic rings. The first-order valence-electron chi connectivity index (χ1n) is 1.49. The summed E-state index contributed by atoms with van der Waals surface area (Å²) >= 11 is 0. The molecular formula is C3H7B-. The molecule has 0 saturated heterocycles. The van der Waals surface area contributed by atoms with Crippen molar-refractivity contribution in [3.8, 4) is 0 Å². The van der Waals surface area contributed by atoms with Gasteiger partial charge >= 0.3 is 0 Å². The van der Waals surface area contributed by atoms with Gasteiger partial charge in [0.2, 0.25) is 0 Å². The molecule has 0 atom stereocenters. The van der Waals surface area contributed by atoms with E-state index in [9.17, 15) is 0 Å². The third kappa shape index (κ3) is 555. The zero-order valence-corrected chi connectivity index (χ0v) is 3.15. The van der Waals surface area contributed by atoms with Crippen molar-refractivity contribution in [2.45, 2.75) is 19.7 Å². The average molecular weight is 53.9 g/mol. The van der Waals surface area contributed by atoms with Gasteiger partial charge in [0.1, 0.15) is 0 Å². The standard InChI is InChI=1S/C3H7B/c1-3(2)4/h3H,1-2H3/q-1. The maximum Gasteiger partial charge on any atom is -0.102 e. The fourth-order valence-electron chi connectivity index (χ4n) is 0. The maximum absolute atomic E-state index is 5.11. The molecule has 0 unspecified atom stereocenters. The van der Waals surface area contributed by atoms with Crippen LogP contribution in [0.2, 0.25) is 5.82 Å². The van der Waals surface area contributed by atoms with E-state index < -0.39 is 0 Å². The normalized spacial score (nSPS) is 9.00. The fraction of sp³-hybridized carbons (Fsp3) is 1.00. The quantitative estimate of drug-likeness (QED) is 0.361. The van der Waals surface area contributed by atoms with Crippen molar-refractivity contribution in [1.29, 1.82) is 0 Å². The molecule has 0 aliphatic heterocycles. The second kappa shape index (κ2) is 1.39. The predicted octanol–water partition coefficient (Wildman–Crippen LogP) is 0.983. The molecule has 0 saturated carbocycles. The number of hydrogen-bond acceptors (Lipinski definition) is 0. The Bertz CT molecular complexity index is 8.00. The molecule has 0 spiro atoms. The molecule has 0 aromatic carbocycles. The van der Waals surface area contributed by atoms with Crippen molar-refractivity contribution in [1.82, 2.24) is 0 Å². The third-order valence-electron chi connectivity index (χ3n) is 0. The first kappa shape index (κ1) is 4.06. The van der Waals surface area contributed by atoms with Crippen LogP contribution in [0.5, 0.6) is 0 Å².